The Kier molecular flexibility index (Phi) is 4.93. The minimum atomic E-state index is -0.188. The molecule has 2 N–H and O–H groups in total. The van der Waals surface area contributed by atoms with E-state index in [0.29, 0.717) is 24.4 Å². The second-order valence-electron chi connectivity index (χ2n) is 5.83. The van der Waals surface area contributed by atoms with Crippen LogP contribution in [-0.2, 0) is 0 Å². The number of nitrogens with one attached hydrogen (secondary N) is 2. The molecule has 0 spiro atoms. The maximum atomic E-state index is 11.9. The van der Waals surface area contributed by atoms with Gasteiger partial charge in [-0.05, 0) is 26.7 Å². The van der Waals surface area contributed by atoms with Gasteiger partial charge in [-0.2, -0.15) is 0 Å². The van der Waals surface area contributed by atoms with Crippen molar-refractivity contribution in [3.05, 3.63) is 29.4 Å². The maximum absolute atomic E-state index is 11.9. The first kappa shape index (κ1) is 16.2. The topological polar surface area (TPSA) is 96.2 Å². The first-order chi connectivity index (χ1) is 11.6. The van der Waals surface area contributed by atoms with Crippen LogP contribution in [-0.4, -0.2) is 47.2 Å². The molecule has 1 saturated heterocycles. The third-order valence-electron chi connectivity index (χ3n) is 3.97. The predicted octanol–water partition coefficient (Wildman–Crippen LogP) is 1.52. The van der Waals surface area contributed by atoms with Crippen LogP contribution in [0, 0.1) is 13.8 Å². The molecule has 1 aliphatic rings. The summed E-state index contributed by atoms with van der Waals surface area (Å²) in [6, 6.07) is 1.96. The van der Waals surface area contributed by atoms with Crippen LogP contribution < -0.4 is 15.5 Å². The molecule has 1 aliphatic heterocycles. The molecule has 3 rings (SSSR count). The molecular formula is C16H22N6O2. The molecule has 0 unspecified atom stereocenters. The van der Waals surface area contributed by atoms with E-state index in [2.05, 4.69) is 30.7 Å². The molecule has 0 aliphatic carbocycles. The second-order valence-corrected chi connectivity index (χ2v) is 5.83. The van der Waals surface area contributed by atoms with Gasteiger partial charge in [0.2, 0.25) is 0 Å². The maximum Gasteiger partial charge on any atom is 0.256 e. The van der Waals surface area contributed by atoms with Crippen LogP contribution in [0.25, 0.3) is 0 Å². The van der Waals surface area contributed by atoms with Gasteiger partial charge in [-0.3, -0.25) is 4.79 Å². The number of carbonyl (C=O) groups is 1. The van der Waals surface area contributed by atoms with E-state index in [0.717, 1.165) is 30.5 Å². The number of nitrogens with zero attached hydrogens (tertiary/aromatic N) is 4. The highest BCUT2D eigenvalue weighted by Gasteiger charge is 2.15. The Morgan fingerprint density at radius 1 is 1.25 bits per heavy atom. The number of anilines is 2. The Balaban J connectivity index is 1.51. The monoisotopic (exact) mass is 330 g/mol. The third kappa shape index (κ3) is 3.81. The molecular weight excluding hydrogens is 308 g/mol. The van der Waals surface area contributed by atoms with Crippen LogP contribution in [0.3, 0.4) is 0 Å². The Morgan fingerprint density at radius 2 is 2.04 bits per heavy atom. The minimum Gasteiger partial charge on any atom is -0.368 e. The van der Waals surface area contributed by atoms with Gasteiger partial charge < -0.3 is 20.1 Å². The summed E-state index contributed by atoms with van der Waals surface area (Å²) in [7, 11) is 0. The summed E-state index contributed by atoms with van der Waals surface area (Å²) >= 11 is 0. The fraction of sp³-hybridized carbons (Fsp3) is 0.500. The van der Waals surface area contributed by atoms with Gasteiger partial charge in [-0.15, -0.1) is 0 Å². The van der Waals surface area contributed by atoms with E-state index in [1.165, 1.54) is 19.0 Å². The van der Waals surface area contributed by atoms with Gasteiger partial charge in [0.25, 0.3) is 5.91 Å². The highest BCUT2D eigenvalue weighted by molar-refractivity contribution is 5.94. The van der Waals surface area contributed by atoms with Crippen LogP contribution in [0.5, 0.6) is 0 Å². The number of aromatic nitrogens is 3. The molecule has 2 aromatic heterocycles. The number of aryl methyl sites for hydroxylation is 2. The third-order valence-corrected chi connectivity index (χ3v) is 3.97. The lowest BCUT2D eigenvalue weighted by Crippen LogP contribution is -2.29. The van der Waals surface area contributed by atoms with Crippen molar-refractivity contribution in [1.29, 1.82) is 0 Å². The van der Waals surface area contributed by atoms with Crippen LogP contribution in [0.2, 0.25) is 0 Å². The molecule has 1 amide bonds. The summed E-state index contributed by atoms with van der Waals surface area (Å²) in [6.07, 6.45) is 3.84. The average Bonchev–Trinajstić information content (AvgIpc) is 3.22. The van der Waals surface area contributed by atoms with E-state index >= 15 is 0 Å². The SMILES string of the molecule is Cc1nc(NCCNC(=O)c2cnoc2C)cc(N2CCCC2)n1. The lowest BCUT2D eigenvalue weighted by atomic mass is 10.2. The molecule has 3 heterocycles. The number of hydrogen-bond donors (Lipinski definition) is 2. The normalized spacial score (nSPS) is 14.0. The molecule has 0 radical (unpaired) electrons. The Labute approximate surface area is 140 Å². The lowest BCUT2D eigenvalue weighted by Gasteiger charge is -2.17. The van der Waals surface area contributed by atoms with Crippen molar-refractivity contribution >= 4 is 17.5 Å². The molecule has 8 heteroatoms. The van der Waals surface area contributed by atoms with E-state index in [9.17, 15) is 4.79 Å². The van der Waals surface area contributed by atoms with E-state index in [1.807, 2.05) is 13.0 Å². The number of amides is 1. The molecule has 0 aromatic carbocycles. The van der Waals surface area contributed by atoms with Crippen molar-refractivity contribution in [2.24, 2.45) is 0 Å². The van der Waals surface area contributed by atoms with Gasteiger partial charge in [-0.25, -0.2) is 9.97 Å². The number of carbonyl (C=O) groups excluding carboxylic acids is 1. The fourth-order valence-corrected chi connectivity index (χ4v) is 2.73. The van der Waals surface area contributed by atoms with Gasteiger partial charge in [-0.1, -0.05) is 5.16 Å². The Morgan fingerprint density at radius 3 is 2.75 bits per heavy atom. The van der Waals surface area contributed by atoms with Crippen LogP contribution in [0.4, 0.5) is 11.6 Å². The smallest absolute Gasteiger partial charge is 0.256 e. The first-order valence-electron chi connectivity index (χ1n) is 8.17. The molecule has 24 heavy (non-hydrogen) atoms. The molecule has 0 saturated carbocycles. The largest absolute Gasteiger partial charge is 0.368 e. The lowest BCUT2D eigenvalue weighted by molar-refractivity contribution is 0.0953. The molecule has 2 aromatic rings. The van der Waals surface area contributed by atoms with Crippen molar-refractivity contribution in [2.75, 3.05) is 36.4 Å². The zero-order valence-corrected chi connectivity index (χ0v) is 14.0. The summed E-state index contributed by atoms with van der Waals surface area (Å²) in [4.78, 5) is 23.1. The zero-order valence-electron chi connectivity index (χ0n) is 14.0. The summed E-state index contributed by atoms with van der Waals surface area (Å²) in [5.74, 6) is 2.81. The van der Waals surface area contributed by atoms with Gasteiger partial charge >= 0.3 is 0 Å². The molecule has 8 nitrogen and oxygen atoms in total. The number of rotatable bonds is 6. The van der Waals surface area contributed by atoms with Crippen molar-refractivity contribution in [2.45, 2.75) is 26.7 Å². The van der Waals surface area contributed by atoms with E-state index in [4.69, 9.17) is 4.52 Å². The van der Waals surface area contributed by atoms with Crippen molar-refractivity contribution in [1.82, 2.24) is 20.4 Å². The standard InChI is InChI=1S/C16H22N6O2/c1-11-13(10-19-24-11)16(23)18-6-5-17-14-9-15(21-12(2)20-14)22-7-3-4-8-22/h9-10H,3-8H2,1-2H3,(H,18,23)(H,17,20,21). The first-order valence-corrected chi connectivity index (χ1v) is 8.17. The van der Waals surface area contributed by atoms with Crippen LogP contribution in [0.1, 0.15) is 34.8 Å². The highest BCUT2D eigenvalue weighted by Crippen LogP contribution is 2.20. The summed E-state index contributed by atoms with van der Waals surface area (Å²) in [6.45, 7) is 6.75. The summed E-state index contributed by atoms with van der Waals surface area (Å²) in [5.41, 5.74) is 0.462. The van der Waals surface area contributed by atoms with E-state index in [-0.39, 0.29) is 5.91 Å². The van der Waals surface area contributed by atoms with Gasteiger partial charge in [0, 0.05) is 32.2 Å². The predicted molar refractivity (Wildman–Crippen MR) is 90.3 cm³/mol. The second kappa shape index (κ2) is 7.29. The minimum absolute atomic E-state index is 0.188. The highest BCUT2D eigenvalue weighted by atomic mass is 16.5. The Hall–Kier alpha value is -2.64. The van der Waals surface area contributed by atoms with Crippen molar-refractivity contribution < 1.29 is 9.32 Å². The van der Waals surface area contributed by atoms with Crippen molar-refractivity contribution in [3.8, 4) is 0 Å². The molecule has 128 valence electrons. The average molecular weight is 330 g/mol. The van der Waals surface area contributed by atoms with Gasteiger partial charge in [0.05, 0.1) is 6.20 Å². The molecule has 0 bridgehead atoms. The van der Waals surface area contributed by atoms with E-state index < -0.39 is 0 Å². The van der Waals surface area contributed by atoms with Crippen LogP contribution >= 0.6 is 0 Å². The summed E-state index contributed by atoms with van der Waals surface area (Å²) in [5, 5.41) is 9.66. The number of hydrogen-bond acceptors (Lipinski definition) is 7. The van der Waals surface area contributed by atoms with Crippen molar-refractivity contribution in [3.63, 3.8) is 0 Å². The summed E-state index contributed by atoms with van der Waals surface area (Å²) < 4.78 is 4.89. The fourth-order valence-electron chi connectivity index (χ4n) is 2.73. The zero-order chi connectivity index (χ0) is 16.9. The van der Waals surface area contributed by atoms with Gasteiger partial charge in [0.15, 0.2) is 0 Å². The van der Waals surface area contributed by atoms with Gasteiger partial charge in [0.1, 0.15) is 28.8 Å². The Bertz CT molecular complexity index is 708. The van der Waals surface area contributed by atoms with E-state index in [1.54, 1.807) is 6.92 Å². The quantitative estimate of drug-likeness (QED) is 0.775. The molecule has 1 fully saturated rings. The molecule has 0 atom stereocenters. The van der Waals surface area contributed by atoms with Crippen LogP contribution in [0.15, 0.2) is 16.8 Å².